The van der Waals surface area contributed by atoms with Gasteiger partial charge >= 0.3 is 6.09 Å². The Balaban J connectivity index is 1.93. The lowest BCUT2D eigenvalue weighted by Gasteiger charge is -2.12. The van der Waals surface area contributed by atoms with Crippen LogP contribution in [0, 0.1) is 17.1 Å². The number of nitrogens with zero attached hydrogens (tertiary/aromatic N) is 2. The molecular formula is C20H16FN3O5. The fourth-order valence-corrected chi connectivity index (χ4v) is 2.54. The summed E-state index contributed by atoms with van der Waals surface area (Å²) in [6.45, 7) is 0.659. The average Bonchev–Trinajstić information content (AvgIpc) is 2.69. The molecule has 29 heavy (non-hydrogen) atoms. The summed E-state index contributed by atoms with van der Waals surface area (Å²) in [7, 11) is 1.55. The predicted molar refractivity (Wildman–Crippen MR) is 101 cm³/mol. The number of nitrogens with two attached hydrogens (primary N) is 1. The van der Waals surface area contributed by atoms with E-state index in [2.05, 4.69) is 15.8 Å². The molecule has 0 atom stereocenters. The van der Waals surface area contributed by atoms with Crippen molar-refractivity contribution in [2.24, 2.45) is 5.73 Å². The number of fused-ring (bicyclic) bond motifs is 1. The van der Waals surface area contributed by atoms with Gasteiger partial charge in [-0.1, -0.05) is 0 Å². The summed E-state index contributed by atoms with van der Waals surface area (Å²) < 4.78 is 34.8. The van der Waals surface area contributed by atoms with Gasteiger partial charge in [0.2, 0.25) is 0 Å². The van der Waals surface area contributed by atoms with Gasteiger partial charge in [-0.25, -0.2) is 9.18 Å². The largest absolute Gasteiger partial charge is 0.490 e. The molecule has 0 aliphatic heterocycles. The van der Waals surface area contributed by atoms with E-state index in [0.717, 1.165) is 6.07 Å². The molecule has 148 valence electrons. The number of aromatic nitrogens is 1. The summed E-state index contributed by atoms with van der Waals surface area (Å²) in [5, 5.41) is 9.97. The molecule has 0 aliphatic rings. The van der Waals surface area contributed by atoms with Gasteiger partial charge in [0.25, 0.3) is 0 Å². The molecule has 0 aliphatic carbocycles. The maximum atomic E-state index is 14.1. The molecule has 9 heteroatoms. The molecule has 1 aromatic heterocycles. The van der Waals surface area contributed by atoms with Crippen LogP contribution in [0.15, 0.2) is 42.6 Å². The van der Waals surface area contributed by atoms with Crippen molar-refractivity contribution in [1.82, 2.24) is 4.98 Å². The van der Waals surface area contributed by atoms with Crippen LogP contribution < -0.4 is 19.9 Å². The number of hydrogen-bond acceptors (Lipinski definition) is 7. The highest BCUT2D eigenvalue weighted by Crippen LogP contribution is 2.34. The molecule has 0 spiro atoms. The number of nitriles is 1. The first-order valence-electron chi connectivity index (χ1n) is 8.41. The van der Waals surface area contributed by atoms with Gasteiger partial charge in [0.1, 0.15) is 29.9 Å². The zero-order valence-electron chi connectivity index (χ0n) is 15.3. The lowest BCUT2D eigenvalue weighted by atomic mass is 10.1. The summed E-state index contributed by atoms with van der Waals surface area (Å²) in [5.74, 6) is -0.232. The Labute approximate surface area is 165 Å². The summed E-state index contributed by atoms with van der Waals surface area (Å²) in [6.07, 6.45) is 0.397. The molecule has 1 heterocycles. The van der Waals surface area contributed by atoms with Crippen LogP contribution >= 0.6 is 0 Å². The van der Waals surface area contributed by atoms with Crippen molar-refractivity contribution in [1.29, 1.82) is 5.26 Å². The molecule has 3 aromatic rings. The van der Waals surface area contributed by atoms with Crippen LogP contribution in [0.1, 0.15) is 5.56 Å². The minimum absolute atomic E-state index is 0.158. The molecule has 1 amide bonds. The minimum atomic E-state index is -1.12. The molecule has 0 bridgehead atoms. The van der Waals surface area contributed by atoms with Crippen molar-refractivity contribution in [2.45, 2.75) is 0 Å². The standard InChI is InChI=1S/C20H16FN3O5/c1-26-6-7-27-19-10-16-14(8-12(19)11-22)17(4-5-24-16)28-13-2-3-18(15(21)9-13)29-20(23)25/h2-5,8-10H,6-7H2,1H3,(H2,23,25). The molecule has 0 radical (unpaired) electrons. The number of carbonyl (C=O) groups is 1. The Hall–Kier alpha value is -3.90. The number of carbonyl (C=O) groups excluding carboxylic acids is 1. The van der Waals surface area contributed by atoms with E-state index in [1.165, 1.54) is 18.3 Å². The van der Waals surface area contributed by atoms with Crippen molar-refractivity contribution >= 4 is 17.0 Å². The Morgan fingerprint density at radius 1 is 1.17 bits per heavy atom. The second-order valence-corrected chi connectivity index (χ2v) is 5.74. The fraction of sp³-hybridized carbons (Fsp3) is 0.150. The monoisotopic (exact) mass is 397 g/mol. The predicted octanol–water partition coefficient (Wildman–Crippen LogP) is 3.52. The topological polar surface area (TPSA) is 117 Å². The number of halogens is 1. The number of pyridine rings is 1. The van der Waals surface area contributed by atoms with Crippen molar-refractivity contribution in [3.63, 3.8) is 0 Å². The zero-order chi connectivity index (χ0) is 20.8. The molecule has 8 nitrogen and oxygen atoms in total. The third-order valence-corrected chi connectivity index (χ3v) is 3.81. The van der Waals surface area contributed by atoms with Crippen molar-refractivity contribution < 1.29 is 28.1 Å². The lowest BCUT2D eigenvalue weighted by molar-refractivity contribution is 0.146. The summed E-state index contributed by atoms with van der Waals surface area (Å²) in [5.41, 5.74) is 5.71. The summed E-state index contributed by atoms with van der Waals surface area (Å²) in [4.78, 5) is 15.0. The molecule has 3 rings (SSSR count). The highest BCUT2D eigenvalue weighted by atomic mass is 19.1. The lowest BCUT2D eigenvalue weighted by Crippen LogP contribution is -2.16. The van der Waals surface area contributed by atoms with Gasteiger partial charge in [-0.15, -0.1) is 0 Å². The maximum Gasteiger partial charge on any atom is 0.410 e. The third kappa shape index (κ3) is 4.69. The Morgan fingerprint density at radius 3 is 2.69 bits per heavy atom. The Bertz CT molecular complexity index is 1100. The Kier molecular flexibility index (Phi) is 6.06. The fourth-order valence-electron chi connectivity index (χ4n) is 2.54. The molecule has 0 saturated heterocycles. The van der Waals surface area contributed by atoms with Crippen molar-refractivity contribution in [3.05, 3.63) is 54.0 Å². The van der Waals surface area contributed by atoms with Gasteiger partial charge in [0.05, 0.1) is 17.7 Å². The number of benzene rings is 2. The number of primary amides is 1. The van der Waals surface area contributed by atoms with Crippen molar-refractivity contribution in [3.8, 4) is 29.1 Å². The van der Waals surface area contributed by atoms with Crippen LogP contribution in [-0.2, 0) is 4.74 Å². The van der Waals surface area contributed by atoms with Crippen LogP contribution in [0.4, 0.5) is 9.18 Å². The van der Waals surface area contributed by atoms with E-state index < -0.39 is 11.9 Å². The van der Waals surface area contributed by atoms with Crippen LogP contribution in [0.25, 0.3) is 10.9 Å². The van der Waals surface area contributed by atoms with Gasteiger partial charge in [-0.2, -0.15) is 5.26 Å². The molecular weight excluding hydrogens is 381 g/mol. The van der Waals surface area contributed by atoms with Gasteiger partial charge in [-0.3, -0.25) is 4.98 Å². The van der Waals surface area contributed by atoms with E-state index >= 15 is 0 Å². The quantitative estimate of drug-likeness (QED) is 0.606. The van der Waals surface area contributed by atoms with Crippen LogP contribution in [0.3, 0.4) is 0 Å². The highest BCUT2D eigenvalue weighted by Gasteiger charge is 2.13. The first kappa shape index (κ1) is 19.9. The van der Waals surface area contributed by atoms with E-state index in [9.17, 15) is 14.4 Å². The van der Waals surface area contributed by atoms with Gasteiger partial charge in [0, 0.05) is 30.8 Å². The number of hydrogen-bond donors (Lipinski definition) is 1. The summed E-state index contributed by atoms with van der Waals surface area (Å²) in [6, 6.07) is 10.6. The average molecular weight is 397 g/mol. The van der Waals surface area contributed by atoms with E-state index in [1.54, 1.807) is 25.3 Å². The minimum Gasteiger partial charge on any atom is -0.490 e. The molecule has 0 saturated carbocycles. The van der Waals surface area contributed by atoms with Crippen molar-refractivity contribution in [2.75, 3.05) is 20.3 Å². The number of amides is 1. The summed E-state index contributed by atoms with van der Waals surface area (Å²) >= 11 is 0. The second-order valence-electron chi connectivity index (χ2n) is 5.74. The zero-order valence-corrected chi connectivity index (χ0v) is 15.3. The highest BCUT2D eigenvalue weighted by molar-refractivity contribution is 5.88. The van der Waals surface area contributed by atoms with Gasteiger partial charge in [0.15, 0.2) is 11.6 Å². The van der Waals surface area contributed by atoms with Crippen LogP contribution in [0.5, 0.6) is 23.0 Å². The van der Waals surface area contributed by atoms with E-state index in [1.807, 2.05) is 0 Å². The Morgan fingerprint density at radius 2 is 2.00 bits per heavy atom. The number of ether oxygens (including phenoxy) is 4. The second kappa shape index (κ2) is 8.86. The van der Waals surface area contributed by atoms with E-state index in [4.69, 9.17) is 19.9 Å². The normalized spacial score (nSPS) is 10.4. The van der Waals surface area contributed by atoms with E-state index in [0.29, 0.717) is 34.6 Å². The first-order chi connectivity index (χ1) is 14.0. The van der Waals surface area contributed by atoms with Gasteiger partial charge in [-0.05, 0) is 24.3 Å². The first-order valence-corrected chi connectivity index (χ1v) is 8.41. The van der Waals surface area contributed by atoms with Crippen LogP contribution in [-0.4, -0.2) is 31.4 Å². The SMILES string of the molecule is COCCOc1cc2nccc(Oc3ccc(OC(N)=O)c(F)c3)c2cc1C#N. The number of rotatable bonds is 7. The van der Waals surface area contributed by atoms with E-state index in [-0.39, 0.29) is 18.1 Å². The maximum absolute atomic E-state index is 14.1. The molecule has 2 N–H and O–H groups in total. The smallest absolute Gasteiger partial charge is 0.410 e. The number of methoxy groups -OCH3 is 1. The van der Waals surface area contributed by atoms with Gasteiger partial charge < -0.3 is 24.7 Å². The third-order valence-electron chi connectivity index (χ3n) is 3.81. The molecule has 0 unspecified atom stereocenters. The van der Waals surface area contributed by atoms with Crippen LogP contribution in [0.2, 0.25) is 0 Å². The molecule has 0 fully saturated rings. The molecule has 2 aromatic carbocycles.